The second-order valence-electron chi connectivity index (χ2n) is 7.88. The number of hydrogen-bond donors (Lipinski definition) is 0. The zero-order valence-corrected chi connectivity index (χ0v) is 17.7. The van der Waals surface area contributed by atoms with E-state index in [4.69, 9.17) is 20.8 Å². The van der Waals surface area contributed by atoms with Gasteiger partial charge < -0.3 is 9.15 Å². The van der Waals surface area contributed by atoms with Crippen molar-refractivity contribution in [1.29, 1.82) is 0 Å². The fourth-order valence-corrected chi connectivity index (χ4v) is 4.29. The van der Waals surface area contributed by atoms with E-state index in [1.807, 2.05) is 30.3 Å². The zero-order valence-electron chi connectivity index (χ0n) is 16.9. The van der Waals surface area contributed by atoms with Crippen LogP contribution in [0.3, 0.4) is 0 Å². The predicted molar refractivity (Wildman–Crippen MR) is 118 cm³/mol. The summed E-state index contributed by atoms with van der Waals surface area (Å²) in [5.41, 5.74) is 4.75. The van der Waals surface area contributed by atoms with Crippen LogP contribution in [0.1, 0.15) is 61.3 Å². The van der Waals surface area contributed by atoms with Crippen LogP contribution in [0.2, 0.25) is 5.02 Å². The standard InChI is InChI=1S/C25H27ClO3/c1-2-3-4-5-7-18-14-22-20-8-6-9-21(20)25(27)29-24(22)15-23(18)28-16-17-10-12-19(26)13-11-17/h10-15H,2-9,16H2,1H3. The van der Waals surface area contributed by atoms with Crippen LogP contribution in [0, 0.1) is 0 Å². The van der Waals surface area contributed by atoms with Crippen LogP contribution in [-0.2, 0) is 25.9 Å². The van der Waals surface area contributed by atoms with Crippen LogP contribution in [0.5, 0.6) is 5.75 Å². The summed E-state index contributed by atoms with van der Waals surface area (Å²) >= 11 is 5.98. The van der Waals surface area contributed by atoms with E-state index in [1.54, 1.807) is 0 Å². The van der Waals surface area contributed by atoms with Gasteiger partial charge in [0.05, 0.1) is 0 Å². The SMILES string of the molecule is CCCCCCc1cc2c3c(c(=O)oc2cc1OCc1ccc(Cl)cc1)CCC3. The number of aryl methyl sites for hydroxylation is 2. The molecule has 0 saturated heterocycles. The molecule has 1 aromatic heterocycles. The number of hydrogen-bond acceptors (Lipinski definition) is 3. The number of benzene rings is 2. The zero-order chi connectivity index (χ0) is 20.2. The van der Waals surface area contributed by atoms with E-state index in [9.17, 15) is 4.79 Å². The molecule has 0 fully saturated rings. The molecule has 152 valence electrons. The largest absolute Gasteiger partial charge is 0.488 e. The van der Waals surface area contributed by atoms with E-state index < -0.39 is 0 Å². The summed E-state index contributed by atoms with van der Waals surface area (Å²) in [5, 5.41) is 1.80. The molecule has 0 aliphatic heterocycles. The highest BCUT2D eigenvalue weighted by Gasteiger charge is 2.21. The molecule has 0 bridgehead atoms. The molecule has 0 saturated carbocycles. The Kier molecular flexibility index (Phi) is 6.25. The first kappa shape index (κ1) is 20.0. The van der Waals surface area contributed by atoms with Gasteiger partial charge in [0.2, 0.25) is 0 Å². The molecule has 0 spiro atoms. The first-order valence-corrected chi connectivity index (χ1v) is 11.0. The van der Waals surface area contributed by atoms with Crippen LogP contribution < -0.4 is 10.4 Å². The summed E-state index contributed by atoms with van der Waals surface area (Å²) in [6.45, 7) is 2.68. The van der Waals surface area contributed by atoms with Gasteiger partial charge in [-0.3, -0.25) is 0 Å². The monoisotopic (exact) mass is 410 g/mol. The summed E-state index contributed by atoms with van der Waals surface area (Å²) in [4.78, 5) is 12.4. The maximum absolute atomic E-state index is 12.4. The van der Waals surface area contributed by atoms with Crippen LogP contribution >= 0.6 is 11.6 Å². The Morgan fingerprint density at radius 2 is 1.83 bits per heavy atom. The van der Waals surface area contributed by atoms with Crippen molar-refractivity contribution in [2.24, 2.45) is 0 Å². The number of ether oxygens (including phenoxy) is 1. The lowest BCUT2D eigenvalue weighted by molar-refractivity contribution is 0.302. The average Bonchev–Trinajstić information content (AvgIpc) is 3.22. The van der Waals surface area contributed by atoms with E-state index in [1.165, 1.54) is 30.4 Å². The van der Waals surface area contributed by atoms with Crippen molar-refractivity contribution in [3.8, 4) is 5.75 Å². The Hall–Kier alpha value is -2.26. The minimum atomic E-state index is -0.190. The lowest BCUT2D eigenvalue weighted by atomic mass is 10.00. The van der Waals surface area contributed by atoms with Gasteiger partial charge in [-0.05, 0) is 67.0 Å². The van der Waals surface area contributed by atoms with Crippen LogP contribution in [0.4, 0.5) is 0 Å². The van der Waals surface area contributed by atoms with E-state index in [-0.39, 0.29) is 5.63 Å². The molecule has 29 heavy (non-hydrogen) atoms. The van der Waals surface area contributed by atoms with Crippen molar-refractivity contribution in [2.75, 3.05) is 0 Å². The molecule has 0 N–H and O–H groups in total. The minimum Gasteiger partial charge on any atom is -0.488 e. The Morgan fingerprint density at radius 1 is 1.03 bits per heavy atom. The fourth-order valence-electron chi connectivity index (χ4n) is 4.17. The maximum Gasteiger partial charge on any atom is 0.339 e. The van der Waals surface area contributed by atoms with Crippen LogP contribution in [0.25, 0.3) is 11.0 Å². The molecule has 1 heterocycles. The third-order valence-corrected chi connectivity index (χ3v) is 6.01. The summed E-state index contributed by atoms with van der Waals surface area (Å²) in [6.07, 6.45) is 8.60. The Labute approximate surface area is 176 Å². The van der Waals surface area contributed by atoms with Gasteiger partial charge in [-0.25, -0.2) is 4.79 Å². The molecule has 4 rings (SSSR count). The van der Waals surface area contributed by atoms with Crippen molar-refractivity contribution in [3.63, 3.8) is 0 Å². The summed E-state index contributed by atoms with van der Waals surface area (Å²) in [6, 6.07) is 11.8. The number of fused-ring (bicyclic) bond motifs is 3. The predicted octanol–water partition coefficient (Wildman–Crippen LogP) is 6.64. The minimum absolute atomic E-state index is 0.190. The molecular formula is C25H27ClO3. The Morgan fingerprint density at radius 3 is 2.62 bits per heavy atom. The van der Waals surface area contributed by atoms with Crippen molar-refractivity contribution in [2.45, 2.75) is 64.9 Å². The highest BCUT2D eigenvalue weighted by Crippen LogP contribution is 2.33. The molecular weight excluding hydrogens is 384 g/mol. The summed E-state index contributed by atoms with van der Waals surface area (Å²) in [5.74, 6) is 0.810. The first-order chi connectivity index (χ1) is 14.2. The van der Waals surface area contributed by atoms with E-state index >= 15 is 0 Å². The molecule has 2 aromatic carbocycles. The maximum atomic E-state index is 12.4. The molecule has 3 aromatic rings. The Bertz CT molecular complexity index is 1050. The van der Waals surface area contributed by atoms with Crippen LogP contribution in [-0.4, -0.2) is 0 Å². The van der Waals surface area contributed by atoms with E-state index in [0.29, 0.717) is 17.2 Å². The third-order valence-electron chi connectivity index (χ3n) is 5.76. The lowest BCUT2D eigenvalue weighted by Gasteiger charge is -2.14. The highest BCUT2D eigenvalue weighted by molar-refractivity contribution is 6.30. The van der Waals surface area contributed by atoms with Gasteiger partial charge >= 0.3 is 5.63 Å². The smallest absolute Gasteiger partial charge is 0.339 e. The second-order valence-corrected chi connectivity index (χ2v) is 8.32. The van der Waals surface area contributed by atoms with Gasteiger partial charge in [0.15, 0.2) is 0 Å². The molecule has 3 nitrogen and oxygen atoms in total. The fraction of sp³-hybridized carbons (Fsp3) is 0.400. The van der Waals surface area contributed by atoms with Gasteiger partial charge in [-0.2, -0.15) is 0 Å². The van der Waals surface area contributed by atoms with Gasteiger partial charge in [0.25, 0.3) is 0 Å². The van der Waals surface area contributed by atoms with Crippen molar-refractivity contribution in [3.05, 3.63) is 74.1 Å². The van der Waals surface area contributed by atoms with Gasteiger partial charge in [0.1, 0.15) is 17.9 Å². The quantitative estimate of drug-likeness (QED) is 0.308. The van der Waals surface area contributed by atoms with Gasteiger partial charge in [-0.1, -0.05) is 49.9 Å². The van der Waals surface area contributed by atoms with Gasteiger partial charge in [-0.15, -0.1) is 0 Å². The number of unbranched alkanes of at least 4 members (excludes halogenated alkanes) is 3. The molecule has 1 aliphatic carbocycles. The van der Waals surface area contributed by atoms with Gasteiger partial charge in [0, 0.05) is 22.0 Å². The molecule has 0 radical (unpaired) electrons. The molecule has 4 heteroatoms. The molecule has 0 unspecified atom stereocenters. The summed E-state index contributed by atoms with van der Waals surface area (Å²) < 4.78 is 11.8. The second kappa shape index (κ2) is 9.04. The van der Waals surface area contributed by atoms with Crippen molar-refractivity contribution < 1.29 is 9.15 Å². The van der Waals surface area contributed by atoms with Crippen LogP contribution in [0.15, 0.2) is 45.6 Å². The van der Waals surface area contributed by atoms with E-state index in [2.05, 4.69) is 13.0 Å². The van der Waals surface area contributed by atoms with E-state index in [0.717, 1.165) is 54.4 Å². The topological polar surface area (TPSA) is 39.4 Å². The average molecular weight is 411 g/mol. The number of halogens is 1. The Balaban J connectivity index is 1.66. The van der Waals surface area contributed by atoms with Crippen molar-refractivity contribution in [1.82, 2.24) is 0 Å². The molecule has 0 atom stereocenters. The normalized spacial score (nSPS) is 13.0. The molecule has 0 amide bonds. The molecule has 1 aliphatic rings. The number of rotatable bonds is 8. The third kappa shape index (κ3) is 4.51. The summed E-state index contributed by atoms with van der Waals surface area (Å²) in [7, 11) is 0. The first-order valence-electron chi connectivity index (χ1n) is 10.6. The highest BCUT2D eigenvalue weighted by atomic mass is 35.5. The van der Waals surface area contributed by atoms with Crippen molar-refractivity contribution >= 4 is 22.6 Å². The lowest BCUT2D eigenvalue weighted by Crippen LogP contribution is -2.07.